The minimum atomic E-state index is -1.14. The van der Waals surface area contributed by atoms with Gasteiger partial charge in [-0.25, -0.2) is 9.18 Å². The van der Waals surface area contributed by atoms with E-state index in [0.29, 0.717) is 11.5 Å². The highest BCUT2D eigenvalue weighted by Crippen LogP contribution is 2.34. The molecule has 1 amide bonds. The number of aryl methyl sites for hydroxylation is 1. The predicted octanol–water partition coefficient (Wildman–Crippen LogP) is 4.69. The molecule has 0 saturated heterocycles. The van der Waals surface area contributed by atoms with Gasteiger partial charge in [0.2, 0.25) is 0 Å². The van der Waals surface area contributed by atoms with Gasteiger partial charge in [-0.05, 0) is 43.2 Å². The fourth-order valence-electron chi connectivity index (χ4n) is 2.30. The number of rotatable bonds is 6. The fraction of sp³-hybridized carbons (Fsp3) is 0.278. The number of carbonyl (C=O) groups is 1. The van der Waals surface area contributed by atoms with E-state index in [0.717, 1.165) is 23.0 Å². The molecule has 128 valence electrons. The lowest BCUT2D eigenvalue weighted by Gasteiger charge is -2.18. The highest BCUT2D eigenvalue weighted by atomic mass is 19.1. The van der Waals surface area contributed by atoms with Crippen LogP contribution in [-0.2, 0) is 6.42 Å². The predicted molar refractivity (Wildman–Crippen MR) is 89.9 cm³/mol. The lowest BCUT2D eigenvalue weighted by Crippen LogP contribution is -2.28. The molecule has 0 aliphatic heterocycles. The smallest absolute Gasteiger partial charge is 0.411 e. The first-order valence-electron chi connectivity index (χ1n) is 7.64. The molecule has 0 unspecified atom stereocenters. The number of carboxylic acid groups (broad SMARTS) is 1. The maximum atomic E-state index is 14.3. The topological polar surface area (TPSA) is 59.0 Å². The van der Waals surface area contributed by atoms with Crippen LogP contribution in [0.15, 0.2) is 36.4 Å². The Bertz CT molecular complexity index is 733. The highest BCUT2D eigenvalue weighted by Gasteiger charge is 2.16. The van der Waals surface area contributed by atoms with Gasteiger partial charge in [0, 0.05) is 12.6 Å². The summed E-state index contributed by atoms with van der Waals surface area (Å²) in [7, 11) is 1.52. The number of hydrogen-bond acceptors (Lipinski definition) is 3. The molecule has 6 heteroatoms. The Labute approximate surface area is 140 Å². The monoisotopic (exact) mass is 333 g/mol. The number of hydrogen-bond donors (Lipinski definition) is 1. The summed E-state index contributed by atoms with van der Waals surface area (Å²) in [5.41, 5.74) is 1.33. The van der Waals surface area contributed by atoms with E-state index < -0.39 is 11.9 Å². The van der Waals surface area contributed by atoms with Gasteiger partial charge in [0.05, 0.1) is 12.8 Å². The highest BCUT2D eigenvalue weighted by molar-refractivity contribution is 5.86. The van der Waals surface area contributed by atoms with Crippen molar-refractivity contribution in [1.82, 2.24) is 0 Å². The third-order valence-electron chi connectivity index (χ3n) is 3.63. The second-order valence-electron chi connectivity index (χ2n) is 5.08. The minimum Gasteiger partial charge on any atom is -0.493 e. The van der Waals surface area contributed by atoms with Gasteiger partial charge < -0.3 is 14.6 Å². The molecule has 0 heterocycles. The normalized spacial score (nSPS) is 10.3. The zero-order valence-corrected chi connectivity index (χ0v) is 13.9. The first-order valence-corrected chi connectivity index (χ1v) is 7.64. The van der Waals surface area contributed by atoms with Gasteiger partial charge in [-0.15, -0.1) is 0 Å². The summed E-state index contributed by atoms with van der Waals surface area (Å²) in [6.07, 6.45) is -0.288. The van der Waals surface area contributed by atoms with Crippen molar-refractivity contribution < 1.29 is 23.8 Å². The van der Waals surface area contributed by atoms with Crippen LogP contribution in [0, 0.1) is 5.82 Å². The van der Waals surface area contributed by atoms with E-state index in [1.165, 1.54) is 19.2 Å². The lowest BCUT2D eigenvalue weighted by molar-refractivity contribution is 0.202. The van der Waals surface area contributed by atoms with E-state index in [-0.39, 0.29) is 18.0 Å². The Balaban J connectivity index is 2.29. The van der Waals surface area contributed by atoms with E-state index in [2.05, 4.69) is 0 Å². The third-order valence-corrected chi connectivity index (χ3v) is 3.63. The summed E-state index contributed by atoms with van der Waals surface area (Å²) < 4.78 is 25.2. The van der Waals surface area contributed by atoms with Gasteiger partial charge in [0.15, 0.2) is 23.1 Å². The molecule has 0 spiro atoms. The van der Waals surface area contributed by atoms with Gasteiger partial charge >= 0.3 is 6.09 Å². The molecule has 0 saturated carbocycles. The molecule has 2 aromatic rings. The Morgan fingerprint density at radius 2 is 1.83 bits per heavy atom. The van der Waals surface area contributed by atoms with Crippen LogP contribution in [0.5, 0.6) is 17.2 Å². The molecular weight excluding hydrogens is 313 g/mol. The van der Waals surface area contributed by atoms with Crippen molar-refractivity contribution in [3.05, 3.63) is 47.8 Å². The molecular formula is C18H20FNO4. The van der Waals surface area contributed by atoms with Crippen molar-refractivity contribution in [3.63, 3.8) is 0 Å². The second-order valence-corrected chi connectivity index (χ2v) is 5.08. The van der Waals surface area contributed by atoms with Crippen LogP contribution in [0.25, 0.3) is 0 Å². The quantitative estimate of drug-likeness (QED) is 0.833. The van der Waals surface area contributed by atoms with E-state index >= 15 is 0 Å². The van der Waals surface area contributed by atoms with Gasteiger partial charge in [-0.2, -0.15) is 0 Å². The maximum Gasteiger partial charge on any atom is 0.411 e. The molecule has 0 aliphatic rings. The molecule has 0 atom stereocenters. The average molecular weight is 333 g/mol. The second kappa shape index (κ2) is 7.68. The summed E-state index contributed by atoms with van der Waals surface area (Å²) in [5.74, 6) is 0.266. The number of amides is 1. The van der Waals surface area contributed by atoms with Crippen LogP contribution in [0.2, 0.25) is 0 Å². The van der Waals surface area contributed by atoms with Gasteiger partial charge in [0.1, 0.15) is 0 Å². The van der Waals surface area contributed by atoms with Crippen LogP contribution < -0.4 is 14.4 Å². The number of methoxy groups -OCH3 is 1. The summed E-state index contributed by atoms with van der Waals surface area (Å²) in [6.45, 7) is 3.92. The van der Waals surface area contributed by atoms with Gasteiger partial charge in [-0.3, -0.25) is 4.90 Å². The summed E-state index contributed by atoms with van der Waals surface area (Å²) >= 11 is 0. The van der Waals surface area contributed by atoms with Crippen molar-refractivity contribution in [3.8, 4) is 17.2 Å². The molecule has 2 aromatic carbocycles. The molecule has 0 bridgehead atoms. The molecule has 0 radical (unpaired) electrons. The fourth-order valence-corrected chi connectivity index (χ4v) is 2.30. The molecule has 5 nitrogen and oxygen atoms in total. The van der Waals surface area contributed by atoms with Crippen LogP contribution in [-0.4, -0.2) is 24.9 Å². The molecule has 1 N–H and O–H groups in total. The zero-order chi connectivity index (χ0) is 17.7. The first kappa shape index (κ1) is 17.6. The summed E-state index contributed by atoms with van der Waals surface area (Å²) in [6, 6.07) is 9.49. The Morgan fingerprint density at radius 1 is 1.12 bits per heavy atom. The Morgan fingerprint density at radius 3 is 2.38 bits per heavy atom. The first-order chi connectivity index (χ1) is 11.5. The van der Waals surface area contributed by atoms with E-state index in [1.807, 2.05) is 19.1 Å². The van der Waals surface area contributed by atoms with E-state index in [4.69, 9.17) is 14.6 Å². The Hall–Kier alpha value is -2.76. The summed E-state index contributed by atoms with van der Waals surface area (Å²) in [4.78, 5) is 12.2. The SMILES string of the molecule is CCc1ccc(Oc2ccc(N(CC)C(=O)O)cc2F)c(OC)c1. The molecule has 0 aromatic heterocycles. The van der Waals surface area contributed by atoms with Crippen molar-refractivity contribution >= 4 is 11.8 Å². The third kappa shape index (κ3) is 3.76. The van der Waals surface area contributed by atoms with Crippen molar-refractivity contribution in [1.29, 1.82) is 0 Å². The van der Waals surface area contributed by atoms with Crippen LogP contribution in [0.3, 0.4) is 0 Å². The van der Waals surface area contributed by atoms with Gasteiger partial charge in [-0.1, -0.05) is 13.0 Å². The van der Waals surface area contributed by atoms with E-state index in [1.54, 1.807) is 13.0 Å². The lowest BCUT2D eigenvalue weighted by atomic mass is 10.1. The van der Waals surface area contributed by atoms with Crippen LogP contribution in [0.4, 0.5) is 14.9 Å². The molecule has 2 rings (SSSR count). The maximum absolute atomic E-state index is 14.3. The number of ether oxygens (including phenoxy) is 2. The molecule has 0 aliphatic carbocycles. The average Bonchev–Trinajstić information content (AvgIpc) is 2.57. The standard InChI is InChI=1S/C18H20FNO4/c1-4-12-6-8-16(17(10-12)23-3)24-15-9-7-13(11-14(15)19)20(5-2)18(21)22/h6-11H,4-5H2,1-3H3,(H,21,22). The summed E-state index contributed by atoms with van der Waals surface area (Å²) in [5, 5.41) is 9.10. The largest absolute Gasteiger partial charge is 0.493 e. The Kier molecular flexibility index (Phi) is 5.63. The van der Waals surface area contributed by atoms with Crippen molar-refractivity contribution in [2.45, 2.75) is 20.3 Å². The number of nitrogens with zero attached hydrogens (tertiary/aromatic N) is 1. The number of halogens is 1. The van der Waals surface area contributed by atoms with Crippen molar-refractivity contribution in [2.24, 2.45) is 0 Å². The van der Waals surface area contributed by atoms with E-state index in [9.17, 15) is 9.18 Å². The van der Waals surface area contributed by atoms with Gasteiger partial charge in [0.25, 0.3) is 0 Å². The molecule has 0 fully saturated rings. The molecule has 24 heavy (non-hydrogen) atoms. The number of benzene rings is 2. The van der Waals surface area contributed by atoms with Crippen LogP contribution in [0.1, 0.15) is 19.4 Å². The van der Waals surface area contributed by atoms with Crippen LogP contribution >= 0.6 is 0 Å². The minimum absolute atomic E-state index is 0.00254. The zero-order valence-electron chi connectivity index (χ0n) is 13.9. The number of anilines is 1. The van der Waals surface area contributed by atoms with Crippen molar-refractivity contribution in [2.75, 3.05) is 18.6 Å².